The summed E-state index contributed by atoms with van der Waals surface area (Å²) in [5, 5.41) is 8.86. The molecule has 3 nitrogen and oxygen atoms in total. The second kappa shape index (κ2) is 16.3. The molecular weight excluding hydrogens is 264 g/mol. The van der Waals surface area contributed by atoms with Crippen LogP contribution in [0.2, 0.25) is 0 Å². The van der Waals surface area contributed by atoms with Crippen molar-refractivity contribution >= 4 is 0 Å². The van der Waals surface area contributed by atoms with Crippen LogP contribution in [0.3, 0.4) is 0 Å². The number of ether oxygens (including phenoxy) is 2. The monoisotopic (exact) mass is 302 g/mol. The number of hydrogen-bond acceptors (Lipinski definition) is 3. The number of rotatable bonds is 16. The molecule has 128 valence electrons. The fourth-order valence-corrected chi connectivity index (χ4v) is 2.27. The van der Waals surface area contributed by atoms with E-state index in [-0.39, 0.29) is 18.8 Å². The van der Waals surface area contributed by atoms with Crippen LogP contribution in [0.5, 0.6) is 0 Å². The summed E-state index contributed by atoms with van der Waals surface area (Å²) in [6.45, 7) is 7.64. The molecule has 0 saturated carbocycles. The topological polar surface area (TPSA) is 38.7 Å². The maximum atomic E-state index is 8.86. The van der Waals surface area contributed by atoms with Gasteiger partial charge in [0.05, 0.1) is 25.4 Å². The van der Waals surface area contributed by atoms with E-state index in [0.29, 0.717) is 6.61 Å². The van der Waals surface area contributed by atoms with Crippen LogP contribution in [0.4, 0.5) is 0 Å². The predicted molar refractivity (Wildman–Crippen MR) is 89.8 cm³/mol. The van der Waals surface area contributed by atoms with E-state index in [2.05, 4.69) is 6.92 Å². The summed E-state index contributed by atoms with van der Waals surface area (Å²) in [6.07, 6.45) is 13.5. The molecule has 2 unspecified atom stereocenters. The lowest BCUT2D eigenvalue weighted by Crippen LogP contribution is -2.22. The molecule has 0 amide bonds. The van der Waals surface area contributed by atoms with Crippen molar-refractivity contribution in [2.45, 2.75) is 97.2 Å². The van der Waals surface area contributed by atoms with Gasteiger partial charge in [-0.05, 0) is 20.3 Å². The van der Waals surface area contributed by atoms with Crippen LogP contribution in [0.1, 0.15) is 85.0 Å². The van der Waals surface area contributed by atoms with Gasteiger partial charge in [0.1, 0.15) is 0 Å². The Morgan fingerprint density at radius 3 is 1.76 bits per heavy atom. The van der Waals surface area contributed by atoms with Crippen molar-refractivity contribution < 1.29 is 14.6 Å². The molecule has 0 radical (unpaired) electrons. The summed E-state index contributed by atoms with van der Waals surface area (Å²) in [6, 6.07) is 0. The van der Waals surface area contributed by atoms with E-state index in [4.69, 9.17) is 14.6 Å². The van der Waals surface area contributed by atoms with Crippen LogP contribution in [-0.4, -0.2) is 37.1 Å². The highest BCUT2D eigenvalue weighted by Gasteiger charge is 2.05. The predicted octanol–water partition coefficient (Wildman–Crippen LogP) is 4.71. The van der Waals surface area contributed by atoms with Crippen LogP contribution in [0.25, 0.3) is 0 Å². The Hall–Kier alpha value is -0.120. The first-order chi connectivity index (χ1) is 10.2. The Balaban J connectivity index is 3.14. The third-order valence-electron chi connectivity index (χ3n) is 3.77. The van der Waals surface area contributed by atoms with Crippen LogP contribution >= 0.6 is 0 Å². The second-order valence-electron chi connectivity index (χ2n) is 6.19. The molecule has 3 heteroatoms. The maximum absolute atomic E-state index is 8.86. The highest BCUT2D eigenvalue weighted by atomic mass is 16.5. The number of aliphatic hydroxyl groups excluding tert-OH is 1. The summed E-state index contributed by atoms with van der Waals surface area (Å²) in [4.78, 5) is 0. The molecule has 0 fully saturated rings. The van der Waals surface area contributed by atoms with Gasteiger partial charge >= 0.3 is 0 Å². The third-order valence-corrected chi connectivity index (χ3v) is 3.77. The first kappa shape index (κ1) is 20.9. The van der Waals surface area contributed by atoms with Gasteiger partial charge in [0, 0.05) is 6.61 Å². The Morgan fingerprint density at radius 1 is 0.714 bits per heavy atom. The third kappa shape index (κ3) is 16.1. The lowest BCUT2D eigenvalue weighted by atomic mass is 10.1. The Labute approximate surface area is 132 Å². The molecule has 0 saturated heterocycles. The average Bonchev–Trinajstić information content (AvgIpc) is 2.50. The van der Waals surface area contributed by atoms with Crippen molar-refractivity contribution in [2.75, 3.05) is 19.8 Å². The molecular formula is C18H38O3. The van der Waals surface area contributed by atoms with Gasteiger partial charge in [-0.2, -0.15) is 0 Å². The molecule has 0 spiro atoms. The molecule has 0 aromatic heterocycles. The van der Waals surface area contributed by atoms with E-state index < -0.39 is 0 Å². The van der Waals surface area contributed by atoms with Gasteiger partial charge in [-0.25, -0.2) is 0 Å². The minimum atomic E-state index is -0.0895. The Kier molecular flexibility index (Phi) is 16.2. The standard InChI is InChI=1S/C18H38O3/c1-4-5-6-7-8-9-10-11-12-13-14-20-18(3)16-21-17(2)15-19/h17-19H,4-16H2,1-3H3. The van der Waals surface area contributed by atoms with E-state index in [1.165, 1.54) is 57.8 Å². The molecule has 0 aromatic carbocycles. The van der Waals surface area contributed by atoms with Crippen molar-refractivity contribution in [3.05, 3.63) is 0 Å². The van der Waals surface area contributed by atoms with Crippen LogP contribution < -0.4 is 0 Å². The fraction of sp³-hybridized carbons (Fsp3) is 1.00. The molecule has 0 bridgehead atoms. The van der Waals surface area contributed by atoms with E-state index in [1.54, 1.807) is 0 Å². The summed E-state index contributed by atoms with van der Waals surface area (Å²) in [5.74, 6) is 0. The maximum Gasteiger partial charge on any atom is 0.0780 e. The molecule has 0 aliphatic carbocycles. The second-order valence-corrected chi connectivity index (χ2v) is 6.19. The fourth-order valence-electron chi connectivity index (χ4n) is 2.27. The zero-order valence-corrected chi connectivity index (χ0v) is 14.6. The summed E-state index contributed by atoms with van der Waals surface area (Å²) in [5.41, 5.74) is 0. The lowest BCUT2D eigenvalue weighted by Gasteiger charge is -2.16. The highest BCUT2D eigenvalue weighted by molar-refractivity contribution is 4.52. The van der Waals surface area contributed by atoms with Gasteiger partial charge in [0.2, 0.25) is 0 Å². The van der Waals surface area contributed by atoms with Crippen molar-refractivity contribution in [3.8, 4) is 0 Å². The van der Waals surface area contributed by atoms with Crippen LogP contribution in [0.15, 0.2) is 0 Å². The van der Waals surface area contributed by atoms with Crippen molar-refractivity contribution in [3.63, 3.8) is 0 Å². The summed E-state index contributed by atoms with van der Waals surface area (Å²) in [7, 11) is 0. The van der Waals surface area contributed by atoms with Gasteiger partial charge in [-0.1, -0.05) is 64.7 Å². The van der Waals surface area contributed by atoms with E-state index in [1.807, 2.05) is 13.8 Å². The summed E-state index contributed by atoms with van der Waals surface area (Å²) < 4.78 is 11.1. The van der Waals surface area contributed by atoms with Gasteiger partial charge in [0.25, 0.3) is 0 Å². The number of hydrogen-bond donors (Lipinski definition) is 1. The molecule has 0 aromatic rings. The number of unbranched alkanes of at least 4 members (excludes halogenated alkanes) is 9. The largest absolute Gasteiger partial charge is 0.394 e. The van der Waals surface area contributed by atoms with Crippen LogP contribution in [-0.2, 0) is 9.47 Å². The van der Waals surface area contributed by atoms with Gasteiger partial charge in [0.15, 0.2) is 0 Å². The Morgan fingerprint density at radius 2 is 1.24 bits per heavy atom. The van der Waals surface area contributed by atoms with Crippen LogP contribution in [0, 0.1) is 0 Å². The first-order valence-electron chi connectivity index (χ1n) is 9.04. The van der Waals surface area contributed by atoms with Crippen molar-refractivity contribution in [1.29, 1.82) is 0 Å². The minimum Gasteiger partial charge on any atom is -0.394 e. The highest BCUT2D eigenvalue weighted by Crippen LogP contribution is 2.10. The smallest absolute Gasteiger partial charge is 0.0780 e. The molecule has 0 heterocycles. The van der Waals surface area contributed by atoms with E-state index in [0.717, 1.165) is 13.0 Å². The lowest BCUT2D eigenvalue weighted by molar-refractivity contribution is -0.0459. The van der Waals surface area contributed by atoms with Gasteiger partial charge < -0.3 is 14.6 Å². The zero-order chi connectivity index (χ0) is 15.8. The molecule has 0 rings (SSSR count). The minimum absolute atomic E-state index is 0.0746. The SMILES string of the molecule is CCCCCCCCCCCCOC(C)COC(C)CO. The van der Waals surface area contributed by atoms with Gasteiger partial charge in [-0.3, -0.25) is 0 Å². The van der Waals surface area contributed by atoms with Crippen molar-refractivity contribution in [2.24, 2.45) is 0 Å². The van der Waals surface area contributed by atoms with Gasteiger partial charge in [-0.15, -0.1) is 0 Å². The zero-order valence-electron chi connectivity index (χ0n) is 14.6. The summed E-state index contributed by atoms with van der Waals surface area (Å²) >= 11 is 0. The molecule has 2 atom stereocenters. The first-order valence-corrected chi connectivity index (χ1v) is 9.04. The quantitative estimate of drug-likeness (QED) is 0.420. The number of aliphatic hydroxyl groups is 1. The Bertz CT molecular complexity index is 197. The van der Waals surface area contributed by atoms with E-state index in [9.17, 15) is 0 Å². The molecule has 1 N–H and O–H groups in total. The normalized spacial score (nSPS) is 14.3. The molecule has 0 aliphatic rings. The van der Waals surface area contributed by atoms with E-state index >= 15 is 0 Å². The molecule has 0 aliphatic heterocycles. The molecule has 21 heavy (non-hydrogen) atoms. The average molecular weight is 302 g/mol. The van der Waals surface area contributed by atoms with Crippen molar-refractivity contribution in [1.82, 2.24) is 0 Å².